The fourth-order valence-electron chi connectivity index (χ4n) is 1.50. The summed E-state index contributed by atoms with van der Waals surface area (Å²) >= 11 is 0. The van der Waals surface area contributed by atoms with Crippen LogP contribution in [0.3, 0.4) is 0 Å². The molecular weight excluding hydrogens is 250 g/mol. The van der Waals surface area contributed by atoms with Gasteiger partial charge in [0.1, 0.15) is 5.76 Å². The van der Waals surface area contributed by atoms with Crippen LogP contribution in [-0.2, 0) is 17.9 Å². The highest BCUT2D eigenvalue weighted by molar-refractivity contribution is 5.93. The van der Waals surface area contributed by atoms with Gasteiger partial charge in [-0.15, -0.1) is 0 Å². The third kappa shape index (κ3) is 3.70. The highest BCUT2D eigenvalue weighted by Gasteiger charge is 2.09. The van der Waals surface area contributed by atoms with Gasteiger partial charge in [-0.2, -0.15) is 5.10 Å². The highest BCUT2D eigenvalue weighted by Crippen LogP contribution is 2.02. The molecule has 0 aromatic carbocycles. The molecule has 7 nitrogen and oxygen atoms in total. The van der Waals surface area contributed by atoms with Crippen LogP contribution in [0.15, 0.2) is 35.2 Å². The van der Waals surface area contributed by atoms with Crippen molar-refractivity contribution in [2.45, 2.75) is 19.5 Å². The molecule has 0 atom stereocenters. The maximum atomic E-state index is 11.8. The lowest BCUT2D eigenvalue weighted by Crippen LogP contribution is -2.22. The van der Waals surface area contributed by atoms with Crippen LogP contribution in [-0.4, -0.2) is 26.8 Å². The van der Waals surface area contributed by atoms with E-state index in [0.717, 1.165) is 0 Å². The molecule has 0 aliphatic heterocycles. The number of carbonyl (C=O) groups is 2. The minimum Gasteiger partial charge on any atom is -0.481 e. The maximum absolute atomic E-state index is 11.8. The first-order valence-corrected chi connectivity index (χ1v) is 5.70. The van der Waals surface area contributed by atoms with Crippen molar-refractivity contribution >= 4 is 11.9 Å². The number of furan rings is 1. The molecule has 19 heavy (non-hydrogen) atoms. The lowest BCUT2D eigenvalue weighted by Gasteiger charge is -2.00. The molecular formula is C12H13N3O4. The second-order valence-corrected chi connectivity index (χ2v) is 3.90. The zero-order valence-electron chi connectivity index (χ0n) is 10.1. The molecule has 2 heterocycles. The Morgan fingerprint density at radius 2 is 2.32 bits per heavy atom. The smallest absolute Gasteiger partial charge is 0.305 e. The van der Waals surface area contributed by atoms with Crippen LogP contribution < -0.4 is 5.32 Å². The fourth-order valence-corrected chi connectivity index (χ4v) is 1.50. The van der Waals surface area contributed by atoms with E-state index in [-0.39, 0.29) is 18.9 Å². The van der Waals surface area contributed by atoms with Gasteiger partial charge in [0.25, 0.3) is 5.91 Å². The largest absolute Gasteiger partial charge is 0.481 e. The van der Waals surface area contributed by atoms with Crippen LogP contribution in [0.4, 0.5) is 0 Å². The van der Waals surface area contributed by atoms with E-state index in [9.17, 15) is 9.59 Å². The number of hydrogen-bond donors (Lipinski definition) is 2. The van der Waals surface area contributed by atoms with E-state index >= 15 is 0 Å². The topological polar surface area (TPSA) is 97.4 Å². The molecule has 2 rings (SSSR count). The minimum atomic E-state index is -0.903. The van der Waals surface area contributed by atoms with Crippen LogP contribution in [0, 0.1) is 0 Å². The summed E-state index contributed by atoms with van der Waals surface area (Å²) in [7, 11) is 0. The first kappa shape index (κ1) is 12.9. The van der Waals surface area contributed by atoms with Crippen LogP contribution in [0.5, 0.6) is 0 Å². The number of nitrogens with one attached hydrogen (secondary N) is 1. The number of aryl methyl sites for hydroxylation is 1. The number of aliphatic carboxylic acids is 1. The van der Waals surface area contributed by atoms with Crippen molar-refractivity contribution in [3.8, 4) is 0 Å². The van der Waals surface area contributed by atoms with Gasteiger partial charge in [-0.3, -0.25) is 14.3 Å². The molecule has 0 fully saturated rings. The molecule has 0 aliphatic rings. The van der Waals surface area contributed by atoms with Gasteiger partial charge < -0.3 is 14.8 Å². The Morgan fingerprint density at radius 3 is 3.00 bits per heavy atom. The van der Waals surface area contributed by atoms with Gasteiger partial charge >= 0.3 is 5.97 Å². The van der Waals surface area contributed by atoms with Gasteiger partial charge in [-0.1, -0.05) is 0 Å². The molecule has 0 aliphatic carbocycles. The van der Waals surface area contributed by atoms with Crippen molar-refractivity contribution in [1.82, 2.24) is 15.1 Å². The van der Waals surface area contributed by atoms with Gasteiger partial charge in [0.2, 0.25) is 0 Å². The van der Waals surface area contributed by atoms with Crippen LogP contribution in [0.25, 0.3) is 0 Å². The molecule has 7 heteroatoms. The molecule has 0 bridgehead atoms. The van der Waals surface area contributed by atoms with E-state index in [1.165, 1.54) is 23.3 Å². The molecule has 1 amide bonds. The second kappa shape index (κ2) is 5.85. The van der Waals surface area contributed by atoms with Crippen molar-refractivity contribution in [3.63, 3.8) is 0 Å². The van der Waals surface area contributed by atoms with Gasteiger partial charge in [-0.25, -0.2) is 0 Å². The van der Waals surface area contributed by atoms with E-state index < -0.39 is 5.97 Å². The Morgan fingerprint density at radius 1 is 1.47 bits per heavy atom. The number of carbonyl (C=O) groups excluding carboxylic acids is 1. The zero-order chi connectivity index (χ0) is 13.7. The van der Waals surface area contributed by atoms with Gasteiger partial charge in [0, 0.05) is 6.20 Å². The van der Waals surface area contributed by atoms with Gasteiger partial charge in [-0.05, 0) is 12.1 Å². The summed E-state index contributed by atoms with van der Waals surface area (Å²) in [6.07, 6.45) is 4.42. The summed E-state index contributed by atoms with van der Waals surface area (Å²) in [6.45, 7) is 0.535. The van der Waals surface area contributed by atoms with E-state index in [1.807, 2.05) is 0 Å². The van der Waals surface area contributed by atoms with Gasteiger partial charge in [0.05, 0.1) is 37.5 Å². The molecule has 2 aromatic rings. The molecule has 2 aromatic heterocycles. The summed E-state index contributed by atoms with van der Waals surface area (Å²) in [5.74, 6) is -0.524. The third-order valence-corrected chi connectivity index (χ3v) is 2.45. The van der Waals surface area contributed by atoms with Crippen LogP contribution in [0.2, 0.25) is 0 Å². The number of aromatic nitrogens is 2. The Labute approximate surface area is 108 Å². The molecule has 0 saturated heterocycles. The molecule has 100 valence electrons. The molecule has 0 saturated carbocycles. The van der Waals surface area contributed by atoms with E-state index in [4.69, 9.17) is 9.52 Å². The Kier molecular flexibility index (Phi) is 3.97. The molecule has 2 N–H and O–H groups in total. The van der Waals surface area contributed by atoms with Crippen LogP contribution >= 0.6 is 0 Å². The summed E-state index contributed by atoms with van der Waals surface area (Å²) in [4.78, 5) is 22.2. The van der Waals surface area contributed by atoms with Crippen LogP contribution in [0.1, 0.15) is 22.5 Å². The lowest BCUT2D eigenvalue weighted by atomic mass is 10.3. The predicted molar refractivity (Wildman–Crippen MR) is 64.4 cm³/mol. The van der Waals surface area contributed by atoms with Gasteiger partial charge in [0.15, 0.2) is 0 Å². The Hall–Kier alpha value is -2.57. The minimum absolute atomic E-state index is 0.0326. The number of carboxylic acids is 1. The SMILES string of the molecule is O=C(O)CCn1cc(C(=O)NCc2ccco2)cn1. The Bertz CT molecular complexity index is 559. The first-order chi connectivity index (χ1) is 9.15. The third-order valence-electron chi connectivity index (χ3n) is 2.45. The number of nitrogens with zero attached hydrogens (tertiary/aromatic N) is 2. The second-order valence-electron chi connectivity index (χ2n) is 3.90. The standard InChI is InChI=1S/C12H13N3O4/c16-11(17)3-4-15-8-9(6-14-15)12(18)13-7-10-2-1-5-19-10/h1-2,5-6,8H,3-4,7H2,(H,13,18)(H,16,17). The quantitative estimate of drug-likeness (QED) is 0.806. The summed E-state index contributed by atoms with van der Waals surface area (Å²) in [6, 6.07) is 3.50. The lowest BCUT2D eigenvalue weighted by molar-refractivity contribution is -0.137. The molecule has 0 unspecified atom stereocenters. The summed E-state index contributed by atoms with van der Waals surface area (Å²) in [5.41, 5.74) is 0.386. The number of amides is 1. The van der Waals surface area contributed by atoms with Crippen molar-refractivity contribution in [1.29, 1.82) is 0 Å². The van der Waals surface area contributed by atoms with E-state index in [1.54, 1.807) is 12.1 Å². The zero-order valence-corrected chi connectivity index (χ0v) is 10.1. The summed E-state index contributed by atoms with van der Waals surface area (Å²) < 4.78 is 6.52. The first-order valence-electron chi connectivity index (χ1n) is 5.70. The molecule has 0 radical (unpaired) electrons. The summed E-state index contributed by atoms with van der Waals surface area (Å²) in [5, 5.41) is 15.2. The number of hydrogen-bond acceptors (Lipinski definition) is 4. The monoisotopic (exact) mass is 263 g/mol. The van der Waals surface area contributed by atoms with Crippen molar-refractivity contribution in [2.75, 3.05) is 0 Å². The average Bonchev–Trinajstić information content (AvgIpc) is 3.04. The average molecular weight is 263 g/mol. The van der Waals surface area contributed by atoms with Crippen molar-refractivity contribution < 1.29 is 19.1 Å². The van der Waals surface area contributed by atoms with Crippen molar-refractivity contribution in [2.24, 2.45) is 0 Å². The molecule has 0 spiro atoms. The number of rotatable bonds is 6. The van der Waals surface area contributed by atoms with E-state index in [2.05, 4.69) is 10.4 Å². The highest BCUT2D eigenvalue weighted by atomic mass is 16.4. The fraction of sp³-hybridized carbons (Fsp3) is 0.250. The predicted octanol–water partition coefficient (Wildman–Crippen LogP) is 0.881. The normalized spacial score (nSPS) is 10.3. The number of carboxylic acid groups (broad SMARTS) is 1. The van der Waals surface area contributed by atoms with Crippen molar-refractivity contribution in [3.05, 3.63) is 42.1 Å². The maximum Gasteiger partial charge on any atom is 0.305 e. The Balaban J connectivity index is 1.87. The van der Waals surface area contributed by atoms with E-state index in [0.29, 0.717) is 17.9 Å².